The van der Waals surface area contributed by atoms with E-state index in [0.29, 0.717) is 23.5 Å². The lowest BCUT2D eigenvalue weighted by molar-refractivity contribution is 0.102. The molecule has 0 saturated heterocycles. The Morgan fingerprint density at radius 3 is 2.65 bits per heavy atom. The third-order valence-corrected chi connectivity index (χ3v) is 3.94. The number of aryl methyl sites for hydroxylation is 2. The number of amides is 1. The second-order valence-electron chi connectivity index (χ2n) is 5.31. The van der Waals surface area contributed by atoms with Crippen LogP contribution in [0.1, 0.15) is 21.6 Å². The van der Waals surface area contributed by atoms with Gasteiger partial charge in [-0.25, -0.2) is 0 Å². The summed E-state index contributed by atoms with van der Waals surface area (Å²) in [6.07, 6.45) is 5.16. The molecular weight excluding hydrogens is 358 g/mol. The Hall–Kier alpha value is -2.41. The van der Waals surface area contributed by atoms with Gasteiger partial charge < -0.3 is 5.32 Å². The van der Waals surface area contributed by atoms with Crippen LogP contribution in [0.2, 0.25) is 0 Å². The first kappa shape index (κ1) is 15.5. The third-order valence-electron chi connectivity index (χ3n) is 3.41. The summed E-state index contributed by atoms with van der Waals surface area (Å²) in [6.45, 7) is 2.46. The summed E-state index contributed by atoms with van der Waals surface area (Å²) in [7, 11) is 1.79. The highest BCUT2D eigenvalue weighted by Crippen LogP contribution is 2.14. The van der Waals surface area contributed by atoms with Gasteiger partial charge in [-0.05, 0) is 24.6 Å². The van der Waals surface area contributed by atoms with Crippen molar-refractivity contribution in [1.29, 1.82) is 0 Å². The number of nitrogens with one attached hydrogen (secondary N) is 1. The lowest BCUT2D eigenvalue weighted by Crippen LogP contribution is -2.12. The molecule has 0 aliphatic carbocycles. The number of aromatic nitrogens is 4. The quantitative estimate of drug-likeness (QED) is 0.764. The normalized spacial score (nSPS) is 10.7. The molecule has 0 atom stereocenters. The largest absolute Gasteiger partial charge is 0.319 e. The fourth-order valence-electron chi connectivity index (χ4n) is 2.31. The summed E-state index contributed by atoms with van der Waals surface area (Å²) in [5.74, 6) is -0.182. The summed E-state index contributed by atoms with van der Waals surface area (Å²) < 4.78 is 4.46. The van der Waals surface area contributed by atoms with Crippen LogP contribution < -0.4 is 5.32 Å². The maximum Gasteiger partial charge on any atom is 0.259 e. The van der Waals surface area contributed by atoms with Gasteiger partial charge in [0.1, 0.15) is 0 Å². The SMILES string of the molecule is Cc1nn(C)cc1C(=O)Nc1cnn(Cc2ccc(Br)cc2)c1. The second kappa shape index (κ2) is 6.37. The third kappa shape index (κ3) is 3.68. The lowest BCUT2D eigenvalue weighted by atomic mass is 10.2. The monoisotopic (exact) mass is 373 g/mol. The van der Waals surface area contributed by atoms with Gasteiger partial charge in [-0.2, -0.15) is 10.2 Å². The van der Waals surface area contributed by atoms with E-state index in [0.717, 1.165) is 10.0 Å². The number of benzene rings is 1. The molecule has 7 heteroatoms. The van der Waals surface area contributed by atoms with Gasteiger partial charge in [0, 0.05) is 23.9 Å². The van der Waals surface area contributed by atoms with Crippen LogP contribution in [-0.4, -0.2) is 25.5 Å². The van der Waals surface area contributed by atoms with Gasteiger partial charge in [-0.15, -0.1) is 0 Å². The standard InChI is InChI=1S/C16H16BrN5O/c1-11-15(10-21(2)20-11)16(23)19-14-7-18-22(9-14)8-12-3-5-13(17)6-4-12/h3-7,9-10H,8H2,1-2H3,(H,19,23). The average Bonchev–Trinajstić information content (AvgIpc) is 3.07. The van der Waals surface area contributed by atoms with Crippen molar-refractivity contribution in [2.24, 2.45) is 7.05 Å². The van der Waals surface area contributed by atoms with Crippen molar-refractivity contribution in [2.45, 2.75) is 13.5 Å². The molecule has 1 amide bonds. The smallest absolute Gasteiger partial charge is 0.259 e. The molecule has 1 aromatic carbocycles. The van der Waals surface area contributed by atoms with Crippen LogP contribution in [0.15, 0.2) is 47.3 Å². The van der Waals surface area contributed by atoms with Crippen molar-refractivity contribution in [3.05, 3.63) is 64.1 Å². The van der Waals surface area contributed by atoms with Gasteiger partial charge in [0.25, 0.3) is 5.91 Å². The van der Waals surface area contributed by atoms with E-state index in [-0.39, 0.29) is 5.91 Å². The van der Waals surface area contributed by atoms with Crippen LogP contribution in [0.25, 0.3) is 0 Å². The van der Waals surface area contributed by atoms with E-state index in [9.17, 15) is 4.79 Å². The Morgan fingerprint density at radius 1 is 1.26 bits per heavy atom. The van der Waals surface area contributed by atoms with Gasteiger partial charge >= 0.3 is 0 Å². The van der Waals surface area contributed by atoms with E-state index < -0.39 is 0 Å². The topological polar surface area (TPSA) is 64.7 Å². The first-order valence-electron chi connectivity index (χ1n) is 7.10. The Morgan fingerprint density at radius 2 is 2.00 bits per heavy atom. The van der Waals surface area contributed by atoms with Gasteiger partial charge in [-0.1, -0.05) is 28.1 Å². The molecule has 0 aliphatic heterocycles. The molecule has 23 heavy (non-hydrogen) atoms. The summed E-state index contributed by atoms with van der Waals surface area (Å²) >= 11 is 3.42. The molecule has 3 rings (SSSR count). The first-order chi connectivity index (χ1) is 11.0. The summed E-state index contributed by atoms with van der Waals surface area (Å²) in [5, 5.41) is 11.3. The van der Waals surface area contributed by atoms with E-state index in [1.54, 1.807) is 28.8 Å². The van der Waals surface area contributed by atoms with Gasteiger partial charge in [0.05, 0.1) is 29.7 Å². The molecule has 0 spiro atoms. The van der Waals surface area contributed by atoms with E-state index in [2.05, 4.69) is 31.4 Å². The second-order valence-corrected chi connectivity index (χ2v) is 6.22. The molecule has 0 fully saturated rings. The lowest BCUT2D eigenvalue weighted by Gasteiger charge is -2.02. The zero-order valence-corrected chi connectivity index (χ0v) is 14.4. The number of nitrogens with zero attached hydrogens (tertiary/aromatic N) is 4. The van der Waals surface area contributed by atoms with Crippen LogP contribution in [0.4, 0.5) is 5.69 Å². The number of halogens is 1. The Balaban J connectivity index is 1.68. The molecule has 2 aromatic heterocycles. The van der Waals surface area contributed by atoms with Crippen molar-refractivity contribution >= 4 is 27.5 Å². The minimum atomic E-state index is -0.182. The Bertz CT molecular complexity index is 835. The molecule has 0 unspecified atom stereocenters. The van der Waals surface area contributed by atoms with E-state index in [1.165, 1.54) is 0 Å². The Labute approximate surface area is 142 Å². The molecule has 0 radical (unpaired) electrons. The molecular formula is C16H16BrN5O. The fourth-order valence-corrected chi connectivity index (χ4v) is 2.58. The van der Waals surface area contributed by atoms with Crippen LogP contribution >= 0.6 is 15.9 Å². The van der Waals surface area contributed by atoms with E-state index in [4.69, 9.17) is 0 Å². The molecule has 6 nitrogen and oxygen atoms in total. The number of carbonyl (C=O) groups is 1. The Kier molecular flexibility index (Phi) is 4.29. The molecule has 0 aliphatic rings. The molecule has 0 bridgehead atoms. The summed E-state index contributed by atoms with van der Waals surface area (Å²) in [4.78, 5) is 12.2. The van der Waals surface area contributed by atoms with E-state index in [1.807, 2.05) is 37.4 Å². The fraction of sp³-hybridized carbons (Fsp3) is 0.188. The number of carbonyl (C=O) groups excluding carboxylic acids is 1. The number of hydrogen-bond donors (Lipinski definition) is 1. The minimum Gasteiger partial charge on any atom is -0.319 e. The average molecular weight is 374 g/mol. The van der Waals surface area contributed by atoms with Crippen LogP contribution in [0.3, 0.4) is 0 Å². The first-order valence-corrected chi connectivity index (χ1v) is 7.89. The predicted octanol–water partition coefficient (Wildman–Crippen LogP) is 2.99. The van der Waals surface area contributed by atoms with Crippen molar-refractivity contribution < 1.29 is 4.79 Å². The molecule has 3 aromatic rings. The van der Waals surface area contributed by atoms with Crippen molar-refractivity contribution in [3.63, 3.8) is 0 Å². The van der Waals surface area contributed by atoms with Crippen molar-refractivity contribution in [1.82, 2.24) is 19.6 Å². The van der Waals surface area contributed by atoms with Crippen LogP contribution in [0, 0.1) is 6.92 Å². The van der Waals surface area contributed by atoms with Crippen molar-refractivity contribution in [2.75, 3.05) is 5.32 Å². The maximum absolute atomic E-state index is 12.2. The number of anilines is 1. The molecule has 118 valence electrons. The van der Waals surface area contributed by atoms with Crippen LogP contribution in [-0.2, 0) is 13.6 Å². The minimum absolute atomic E-state index is 0.182. The zero-order chi connectivity index (χ0) is 16.4. The van der Waals surface area contributed by atoms with Crippen LogP contribution in [0.5, 0.6) is 0 Å². The highest BCUT2D eigenvalue weighted by Gasteiger charge is 2.13. The van der Waals surface area contributed by atoms with E-state index >= 15 is 0 Å². The highest BCUT2D eigenvalue weighted by molar-refractivity contribution is 9.10. The van der Waals surface area contributed by atoms with Crippen molar-refractivity contribution in [3.8, 4) is 0 Å². The molecule has 1 N–H and O–H groups in total. The number of hydrogen-bond acceptors (Lipinski definition) is 3. The maximum atomic E-state index is 12.2. The highest BCUT2D eigenvalue weighted by atomic mass is 79.9. The number of rotatable bonds is 4. The van der Waals surface area contributed by atoms with Gasteiger partial charge in [0.15, 0.2) is 0 Å². The summed E-state index contributed by atoms with van der Waals surface area (Å²) in [5.41, 5.74) is 3.06. The summed E-state index contributed by atoms with van der Waals surface area (Å²) in [6, 6.07) is 8.05. The van der Waals surface area contributed by atoms with Gasteiger partial charge in [0.2, 0.25) is 0 Å². The molecule has 2 heterocycles. The molecule has 0 saturated carbocycles. The predicted molar refractivity (Wildman–Crippen MR) is 91.4 cm³/mol. The van der Waals surface area contributed by atoms with Gasteiger partial charge in [-0.3, -0.25) is 14.2 Å². The zero-order valence-electron chi connectivity index (χ0n) is 12.8.